The van der Waals surface area contributed by atoms with Crippen molar-refractivity contribution in [1.29, 1.82) is 0 Å². The Morgan fingerprint density at radius 2 is 1.96 bits per heavy atom. The lowest BCUT2D eigenvalue weighted by Crippen LogP contribution is -2.52. The van der Waals surface area contributed by atoms with Crippen LogP contribution in [0.1, 0.15) is 18.4 Å². The normalized spacial score (nSPS) is 17.4. The molecule has 1 atom stereocenters. The molecule has 2 aromatic rings. The highest BCUT2D eigenvalue weighted by molar-refractivity contribution is 6.30. The molecular weight excluding hydrogens is 340 g/mol. The van der Waals surface area contributed by atoms with E-state index in [9.17, 15) is 4.79 Å². The Kier molecular flexibility index (Phi) is 5.73. The van der Waals surface area contributed by atoms with E-state index in [4.69, 9.17) is 16.1 Å². The van der Waals surface area contributed by atoms with E-state index in [1.54, 1.807) is 12.1 Å². The van der Waals surface area contributed by atoms with E-state index >= 15 is 0 Å². The fourth-order valence-electron chi connectivity index (χ4n) is 2.98. The number of aromatic nitrogens is 1. The minimum Gasteiger partial charge on any atom is -0.361 e. The molecule has 134 valence electrons. The van der Waals surface area contributed by atoms with Crippen molar-refractivity contribution in [2.45, 2.75) is 26.4 Å². The molecule has 0 aliphatic carbocycles. The van der Waals surface area contributed by atoms with Gasteiger partial charge in [-0.3, -0.25) is 14.6 Å². The zero-order valence-electron chi connectivity index (χ0n) is 14.5. The molecular formula is C18H23ClN4O2. The SMILES string of the molecule is Cc1cc(CN2CCN(C(C)C(=O)Nc3ccc(Cl)cc3)CC2)no1. The van der Waals surface area contributed by atoms with Gasteiger partial charge in [0, 0.05) is 49.5 Å². The van der Waals surface area contributed by atoms with Crippen molar-refractivity contribution in [3.63, 3.8) is 0 Å². The highest BCUT2D eigenvalue weighted by Crippen LogP contribution is 2.15. The molecule has 0 radical (unpaired) electrons. The van der Waals surface area contributed by atoms with Crippen molar-refractivity contribution in [3.05, 3.63) is 46.8 Å². The van der Waals surface area contributed by atoms with Crippen LogP contribution in [0.3, 0.4) is 0 Å². The number of hydrogen-bond acceptors (Lipinski definition) is 5. The molecule has 7 heteroatoms. The van der Waals surface area contributed by atoms with E-state index in [1.165, 1.54) is 0 Å². The first-order valence-electron chi connectivity index (χ1n) is 8.46. The summed E-state index contributed by atoms with van der Waals surface area (Å²) in [6.07, 6.45) is 0. The maximum atomic E-state index is 12.5. The number of carbonyl (C=O) groups is 1. The molecule has 0 spiro atoms. The quantitative estimate of drug-likeness (QED) is 0.886. The maximum absolute atomic E-state index is 12.5. The molecule has 1 fully saturated rings. The lowest BCUT2D eigenvalue weighted by atomic mass is 10.2. The zero-order valence-corrected chi connectivity index (χ0v) is 15.3. The third kappa shape index (κ3) is 4.81. The molecule has 1 N–H and O–H groups in total. The molecule has 0 bridgehead atoms. The lowest BCUT2D eigenvalue weighted by Gasteiger charge is -2.37. The van der Waals surface area contributed by atoms with Crippen molar-refractivity contribution in [2.75, 3.05) is 31.5 Å². The minimum atomic E-state index is -0.174. The third-order valence-electron chi connectivity index (χ3n) is 4.51. The molecule has 6 nitrogen and oxygen atoms in total. The zero-order chi connectivity index (χ0) is 17.8. The summed E-state index contributed by atoms with van der Waals surface area (Å²) in [5, 5.41) is 7.64. The van der Waals surface area contributed by atoms with E-state index in [0.717, 1.165) is 49.9 Å². The average Bonchev–Trinajstić information content (AvgIpc) is 3.02. The summed E-state index contributed by atoms with van der Waals surface area (Å²) in [6.45, 7) is 8.15. The highest BCUT2D eigenvalue weighted by atomic mass is 35.5. The smallest absolute Gasteiger partial charge is 0.241 e. The van der Waals surface area contributed by atoms with Crippen LogP contribution in [0.2, 0.25) is 5.02 Å². The van der Waals surface area contributed by atoms with Crippen molar-refractivity contribution < 1.29 is 9.32 Å². The molecule has 25 heavy (non-hydrogen) atoms. The van der Waals surface area contributed by atoms with Crippen LogP contribution in [0.25, 0.3) is 0 Å². The van der Waals surface area contributed by atoms with Gasteiger partial charge in [-0.1, -0.05) is 16.8 Å². The summed E-state index contributed by atoms with van der Waals surface area (Å²) < 4.78 is 5.11. The van der Waals surface area contributed by atoms with E-state index in [-0.39, 0.29) is 11.9 Å². The molecule has 1 aliphatic heterocycles. The summed E-state index contributed by atoms with van der Waals surface area (Å²) in [5.41, 5.74) is 1.72. The van der Waals surface area contributed by atoms with E-state index in [2.05, 4.69) is 20.3 Å². The van der Waals surface area contributed by atoms with Gasteiger partial charge in [0.25, 0.3) is 0 Å². The van der Waals surface area contributed by atoms with Gasteiger partial charge in [-0.15, -0.1) is 0 Å². The second-order valence-corrected chi connectivity index (χ2v) is 6.85. The first-order chi connectivity index (χ1) is 12.0. The summed E-state index contributed by atoms with van der Waals surface area (Å²) in [5.74, 6) is 0.837. The lowest BCUT2D eigenvalue weighted by molar-refractivity contribution is -0.121. The second kappa shape index (κ2) is 7.99. The van der Waals surface area contributed by atoms with E-state index < -0.39 is 0 Å². The standard InChI is InChI=1S/C18H23ClN4O2/c1-13-11-17(21-25-13)12-22-7-9-23(10-8-22)14(2)18(24)20-16-5-3-15(19)4-6-16/h3-6,11,14H,7-10,12H2,1-2H3,(H,20,24). The molecule has 0 saturated carbocycles. The fraction of sp³-hybridized carbons (Fsp3) is 0.444. The van der Waals surface area contributed by atoms with Gasteiger partial charge in [0.05, 0.1) is 11.7 Å². The molecule has 1 unspecified atom stereocenters. The van der Waals surface area contributed by atoms with Gasteiger partial charge < -0.3 is 9.84 Å². The van der Waals surface area contributed by atoms with Crippen molar-refractivity contribution in [3.8, 4) is 0 Å². The Balaban J connectivity index is 1.48. The Hall–Kier alpha value is -1.89. The summed E-state index contributed by atoms with van der Waals surface area (Å²) in [4.78, 5) is 17.0. The summed E-state index contributed by atoms with van der Waals surface area (Å²) >= 11 is 5.87. The number of benzene rings is 1. The molecule has 2 heterocycles. The minimum absolute atomic E-state index is 0.00268. The van der Waals surface area contributed by atoms with Crippen LogP contribution < -0.4 is 5.32 Å². The number of carbonyl (C=O) groups excluding carboxylic acids is 1. The largest absolute Gasteiger partial charge is 0.361 e. The Morgan fingerprint density at radius 1 is 1.28 bits per heavy atom. The topological polar surface area (TPSA) is 61.6 Å². The number of nitrogens with one attached hydrogen (secondary N) is 1. The summed E-state index contributed by atoms with van der Waals surface area (Å²) in [6, 6.07) is 8.95. The number of amides is 1. The van der Waals surface area contributed by atoms with Crippen LogP contribution in [0.5, 0.6) is 0 Å². The monoisotopic (exact) mass is 362 g/mol. The predicted octanol–water partition coefficient (Wildman–Crippen LogP) is 2.78. The van der Waals surface area contributed by atoms with Gasteiger partial charge in [0.1, 0.15) is 5.76 Å². The Morgan fingerprint density at radius 3 is 2.56 bits per heavy atom. The number of anilines is 1. The summed E-state index contributed by atoms with van der Waals surface area (Å²) in [7, 11) is 0. The molecule has 1 saturated heterocycles. The third-order valence-corrected chi connectivity index (χ3v) is 4.76. The van der Waals surface area contributed by atoms with Crippen LogP contribution in [-0.4, -0.2) is 53.1 Å². The second-order valence-electron chi connectivity index (χ2n) is 6.41. The maximum Gasteiger partial charge on any atom is 0.241 e. The van der Waals surface area contributed by atoms with Crippen molar-refractivity contribution in [1.82, 2.24) is 15.0 Å². The number of piperazine rings is 1. The van der Waals surface area contributed by atoms with Gasteiger partial charge in [0.15, 0.2) is 0 Å². The molecule has 1 aliphatic rings. The number of nitrogens with zero attached hydrogens (tertiary/aromatic N) is 3. The average molecular weight is 363 g/mol. The molecule has 3 rings (SSSR count). The fourth-order valence-corrected chi connectivity index (χ4v) is 3.10. The molecule has 1 aromatic heterocycles. The highest BCUT2D eigenvalue weighted by Gasteiger charge is 2.26. The van der Waals surface area contributed by atoms with Gasteiger partial charge in [-0.05, 0) is 38.1 Å². The van der Waals surface area contributed by atoms with Crippen LogP contribution in [-0.2, 0) is 11.3 Å². The van der Waals surface area contributed by atoms with Crippen LogP contribution in [0.15, 0.2) is 34.9 Å². The van der Waals surface area contributed by atoms with Crippen LogP contribution >= 0.6 is 11.6 Å². The van der Waals surface area contributed by atoms with E-state index in [0.29, 0.717) is 5.02 Å². The van der Waals surface area contributed by atoms with Gasteiger partial charge in [-0.2, -0.15) is 0 Å². The molecule has 1 aromatic carbocycles. The van der Waals surface area contributed by atoms with Gasteiger partial charge in [0.2, 0.25) is 5.91 Å². The van der Waals surface area contributed by atoms with Gasteiger partial charge in [-0.25, -0.2) is 0 Å². The van der Waals surface area contributed by atoms with Crippen LogP contribution in [0.4, 0.5) is 5.69 Å². The van der Waals surface area contributed by atoms with E-state index in [1.807, 2.05) is 32.0 Å². The molecule has 1 amide bonds. The number of hydrogen-bond donors (Lipinski definition) is 1. The van der Waals surface area contributed by atoms with Gasteiger partial charge >= 0.3 is 0 Å². The predicted molar refractivity (Wildman–Crippen MR) is 97.6 cm³/mol. The number of aryl methyl sites for hydroxylation is 1. The number of rotatable bonds is 5. The van der Waals surface area contributed by atoms with Crippen molar-refractivity contribution >= 4 is 23.2 Å². The van der Waals surface area contributed by atoms with Crippen molar-refractivity contribution in [2.24, 2.45) is 0 Å². The van der Waals surface area contributed by atoms with Crippen LogP contribution in [0, 0.1) is 6.92 Å². The first-order valence-corrected chi connectivity index (χ1v) is 8.84. The first kappa shape index (κ1) is 17.9. The Labute approximate surface area is 152 Å². The number of halogens is 1. The Bertz CT molecular complexity index is 708.